The van der Waals surface area contributed by atoms with Crippen LogP contribution in [0.3, 0.4) is 0 Å². The van der Waals surface area contributed by atoms with Gasteiger partial charge in [0.2, 0.25) is 5.89 Å². The minimum atomic E-state index is -0.000416. The van der Waals surface area contributed by atoms with Crippen molar-refractivity contribution in [2.75, 3.05) is 0 Å². The summed E-state index contributed by atoms with van der Waals surface area (Å²) in [4.78, 5) is 4.42. The molecule has 3 aromatic rings. The number of rotatable bonds is 6. The molecule has 3 aromatic heterocycles. The fourth-order valence-corrected chi connectivity index (χ4v) is 2.72. The fraction of sp³-hybridized carbons (Fsp3) is 0.429. The quantitative estimate of drug-likeness (QED) is 0.645. The highest BCUT2D eigenvalue weighted by Gasteiger charge is 2.19. The summed E-state index contributed by atoms with van der Waals surface area (Å²) in [6.07, 6.45) is 3.34. The molecular weight excluding hydrogens is 302 g/mol. The van der Waals surface area contributed by atoms with E-state index in [0.29, 0.717) is 12.4 Å². The Morgan fingerprint density at radius 1 is 1.32 bits per heavy atom. The molecule has 0 unspecified atom stereocenters. The lowest BCUT2D eigenvalue weighted by Gasteiger charge is -2.07. The zero-order chi connectivity index (χ0) is 15.5. The van der Waals surface area contributed by atoms with Crippen LogP contribution < -0.4 is 0 Å². The zero-order valence-corrected chi connectivity index (χ0v) is 13.4. The van der Waals surface area contributed by atoms with Crippen LogP contribution in [-0.4, -0.2) is 24.9 Å². The number of nitrogens with zero attached hydrogens (tertiary/aromatic N) is 5. The second-order valence-corrected chi connectivity index (χ2v) is 6.53. The van der Waals surface area contributed by atoms with Gasteiger partial charge in [0.05, 0.1) is 18.1 Å². The zero-order valence-electron chi connectivity index (χ0n) is 12.6. The summed E-state index contributed by atoms with van der Waals surface area (Å²) in [6.45, 7) is 6.67. The summed E-state index contributed by atoms with van der Waals surface area (Å²) in [5.74, 6) is 2.42. The van der Waals surface area contributed by atoms with Gasteiger partial charge < -0.3 is 13.5 Å². The minimum absolute atomic E-state index is 0.000416. The molecule has 7 nitrogen and oxygen atoms in total. The standard InChI is InChI=1S/C14H17N5O2S/c1-9(2)12-16-13(21-18-12)10(3)22-14-17-15-8-19(14)7-11-5-4-6-20-11/h4-6,8-10H,7H2,1-3H3/t10-/m1/s1. The maximum absolute atomic E-state index is 5.35. The Morgan fingerprint density at radius 3 is 2.86 bits per heavy atom. The Kier molecular flexibility index (Phi) is 4.28. The van der Waals surface area contributed by atoms with E-state index in [2.05, 4.69) is 20.3 Å². The van der Waals surface area contributed by atoms with Crippen molar-refractivity contribution in [1.29, 1.82) is 0 Å². The molecule has 0 aliphatic rings. The summed E-state index contributed by atoms with van der Waals surface area (Å²) < 4.78 is 12.6. The molecule has 1 atom stereocenters. The maximum Gasteiger partial charge on any atom is 0.239 e. The van der Waals surface area contributed by atoms with E-state index in [9.17, 15) is 0 Å². The Labute approximate surface area is 132 Å². The third kappa shape index (κ3) is 3.22. The number of hydrogen-bond acceptors (Lipinski definition) is 7. The predicted octanol–water partition coefficient (Wildman–Crippen LogP) is 3.28. The third-order valence-corrected chi connectivity index (χ3v) is 4.17. The third-order valence-electron chi connectivity index (χ3n) is 3.09. The van der Waals surface area contributed by atoms with Gasteiger partial charge in [-0.1, -0.05) is 30.8 Å². The van der Waals surface area contributed by atoms with E-state index in [-0.39, 0.29) is 11.2 Å². The number of furan rings is 1. The van der Waals surface area contributed by atoms with Crippen molar-refractivity contribution in [1.82, 2.24) is 24.9 Å². The summed E-state index contributed by atoms with van der Waals surface area (Å²) >= 11 is 1.53. The van der Waals surface area contributed by atoms with Crippen molar-refractivity contribution in [3.05, 3.63) is 42.2 Å². The van der Waals surface area contributed by atoms with Crippen molar-refractivity contribution in [3.8, 4) is 0 Å². The highest BCUT2D eigenvalue weighted by molar-refractivity contribution is 7.99. The molecule has 0 fully saturated rings. The monoisotopic (exact) mass is 319 g/mol. The molecule has 0 amide bonds. The molecule has 0 N–H and O–H groups in total. The van der Waals surface area contributed by atoms with E-state index in [1.807, 2.05) is 37.5 Å². The second kappa shape index (κ2) is 6.35. The van der Waals surface area contributed by atoms with E-state index in [4.69, 9.17) is 8.94 Å². The molecule has 0 aliphatic carbocycles. The Morgan fingerprint density at radius 2 is 2.18 bits per heavy atom. The van der Waals surface area contributed by atoms with E-state index in [0.717, 1.165) is 16.7 Å². The first-order valence-corrected chi connectivity index (χ1v) is 7.91. The van der Waals surface area contributed by atoms with Gasteiger partial charge in [0, 0.05) is 5.92 Å². The molecule has 3 rings (SSSR count). The minimum Gasteiger partial charge on any atom is -0.467 e. The van der Waals surface area contributed by atoms with Gasteiger partial charge in [0.15, 0.2) is 11.0 Å². The SMILES string of the molecule is CC(C)c1noc([C@@H](C)Sc2nncn2Cc2ccco2)n1. The van der Waals surface area contributed by atoms with Crippen LogP contribution in [0.4, 0.5) is 0 Å². The van der Waals surface area contributed by atoms with Gasteiger partial charge in [0.1, 0.15) is 12.1 Å². The van der Waals surface area contributed by atoms with Gasteiger partial charge >= 0.3 is 0 Å². The molecule has 0 spiro atoms. The Balaban J connectivity index is 1.71. The molecule has 0 aliphatic heterocycles. The van der Waals surface area contributed by atoms with Crippen LogP contribution >= 0.6 is 11.8 Å². The van der Waals surface area contributed by atoms with Gasteiger partial charge in [-0.3, -0.25) is 0 Å². The lowest BCUT2D eigenvalue weighted by Crippen LogP contribution is -2.01. The summed E-state index contributed by atoms with van der Waals surface area (Å²) in [6, 6.07) is 3.78. The van der Waals surface area contributed by atoms with E-state index in [1.165, 1.54) is 11.8 Å². The van der Waals surface area contributed by atoms with Gasteiger partial charge in [-0.15, -0.1) is 10.2 Å². The first kappa shape index (κ1) is 14.8. The van der Waals surface area contributed by atoms with E-state index < -0.39 is 0 Å². The van der Waals surface area contributed by atoms with Gasteiger partial charge in [-0.2, -0.15) is 4.98 Å². The molecule has 0 aromatic carbocycles. The molecule has 116 valence electrons. The summed E-state index contributed by atoms with van der Waals surface area (Å²) in [5.41, 5.74) is 0. The topological polar surface area (TPSA) is 82.8 Å². The van der Waals surface area contributed by atoms with Crippen LogP contribution in [0.25, 0.3) is 0 Å². The van der Waals surface area contributed by atoms with Crippen molar-refractivity contribution < 1.29 is 8.94 Å². The molecule has 3 heterocycles. The van der Waals surface area contributed by atoms with Gasteiger partial charge in [-0.05, 0) is 19.1 Å². The molecular formula is C14H17N5O2S. The predicted molar refractivity (Wildman–Crippen MR) is 80.5 cm³/mol. The fourth-order valence-electron chi connectivity index (χ4n) is 1.87. The van der Waals surface area contributed by atoms with Crippen molar-refractivity contribution in [2.45, 2.75) is 43.6 Å². The van der Waals surface area contributed by atoms with Crippen molar-refractivity contribution in [3.63, 3.8) is 0 Å². The average Bonchev–Trinajstić information content (AvgIpc) is 3.21. The summed E-state index contributed by atoms with van der Waals surface area (Å²) in [5, 5.41) is 12.9. The van der Waals surface area contributed by atoms with Crippen LogP contribution in [0.5, 0.6) is 0 Å². The van der Waals surface area contributed by atoms with Crippen LogP contribution in [0.2, 0.25) is 0 Å². The number of hydrogen-bond donors (Lipinski definition) is 0. The summed E-state index contributed by atoms with van der Waals surface area (Å²) in [7, 11) is 0. The average molecular weight is 319 g/mol. The van der Waals surface area contributed by atoms with Crippen LogP contribution in [-0.2, 0) is 6.54 Å². The smallest absolute Gasteiger partial charge is 0.239 e. The molecule has 22 heavy (non-hydrogen) atoms. The lowest BCUT2D eigenvalue weighted by molar-refractivity contribution is 0.372. The Hall–Kier alpha value is -2.09. The van der Waals surface area contributed by atoms with Crippen molar-refractivity contribution >= 4 is 11.8 Å². The largest absolute Gasteiger partial charge is 0.467 e. The molecule has 0 bridgehead atoms. The lowest BCUT2D eigenvalue weighted by atomic mass is 10.2. The molecule has 0 saturated carbocycles. The van der Waals surface area contributed by atoms with Gasteiger partial charge in [0.25, 0.3) is 0 Å². The number of aromatic nitrogens is 5. The first-order chi connectivity index (χ1) is 10.6. The van der Waals surface area contributed by atoms with Crippen molar-refractivity contribution in [2.24, 2.45) is 0 Å². The molecule has 8 heteroatoms. The highest BCUT2D eigenvalue weighted by atomic mass is 32.2. The van der Waals surface area contributed by atoms with Crippen LogP contribution in [0, 0.1) is 0 Å². The molecule has 0 radical (unpaired) electrons. The van der Waals surface area contributed by atoms with Gasteiger partial charge in [-0.25, -0.2) is 0 Å². The van der Waals surface area contributed by atoms with Crippen LogP contribution in [0.15, 0.2) is 38.8 Å². The number of thioether (sulfide) groups is 1. The van der Waals surface area contributed by atoms with E-state index in [1.54, 1.807) is 12.6 Å². The second-order valence-electron chi connectivity index (χ2n) is 5.23. The first-order valence-electron chi connectivity index (χ1n) is 7.04. The maximum atomic E-state index is 5.35. The molecule has 0 saturated heterocycles. The highest BCUT2D eigenvalue weighted by Crippen LogP contribution is 2.33. The Bertz CT molecular complexity index is 719. The van der Waals surface area contributed by atoms with Crippen LogP contribution in [0.1, 0.15) is 49.4 Å². The van der Waals surface area contributed by atoms with E-state index >= 15 is 0 Å². The normalized spacial score (nSPS) is 12.9.